The van der Waals surface area contributed by atoms with Crippen LogP contribution in [-0.2, 0) is 6.42 Å². The minimum atomic E-state index is 0.0828. The highest BCUT2D eigenvalue weighted by Gasteiger charge is 2.41. The van der Waals surface area contributed by atoms with Gasteiger partial charge in [-0.1, -0.05) is 44.2 Å². The molecule has 1 aromatic carbocycles. The monoisotopic (exact) mass is 246 g/mol. The maximum atomic E-state index is 6.29. The maximum Gasteiger partial charge on any atom is 0.0435 e. The van der Waals surface area contributed by atoms with Crippen LogP contribution in [0.1, 0.15) is 32.3 Å². The zero-order valence-electron chi connectivity index (χ0n) is 11.7. The summed E-state index contributed by atoms with van der Waals surface area (Å²) in [5.74, 6) is 0.595. The molecule has 2 rings (SSSR count). The lowest BCUT2D eigenvalue weighted by Gasteiger charge is -2.50. The van der Waals surface area contributed by atoms with Crippen molar-refractivity contribution in [1.82, 2.24) is 4.90 Å². The molecule has 2 N–H and O–H groups in total. The molecule has 100 valence electrons. The van der Waals surface area contributed by atoms with Crippen LogP contribution >= 0.6 is 0 Å². The third kappa shape index (κ3) is 3.33. The molecule has 18 heavy (non-hydrogen) atoms. The Morgan fingerprint density at radius 2 is 1.83 bits per heavy atom. The molecule has 1 aliphatic rings. The molecule has 0 aromatic heterocycles. The average molecular weight is 246 g/mol. The van der Waals surface area contributed by atoms with Crippen molar-refractivity contribution < 1.29 is 0 Å². The second kappa shape index (κ2) is 5.85. The van der Waals surface area contributed by atoms with Crippen LogP contribution < -0.4 is 5.73 Å². The van der Waals surface area contributed by atoms with Gasteiger partial charge in [0.05, 0.1) is 0 Å². The van der Waals surface area contributed by atoms with Crippen molar-refractivity contribution in [1.29, 1.82) is 0 Å². The van der Waals surface area contributed by atoms with Crippen molar-refractivity contribution in [2.75, 3.05) is 19.6 Å². The van der Waals surface area contributed by atoms with Gasteiger partial charge in [0.15, 0.2) is 0 Å². The minimum Gasteiger partial charge on any atom is -0.323 e. The van der Waals surface area contributed by atoms with Crippen molar-refractivity contribution in [3.63, 3.8) is 0 Å². The molecule has 1 heterocycles. The Kier molecular flexibility index (Phi) is 4.41. The number of likely N-dealkylation sites (tertiary alicyclic amines) is 1. The normalized spacial score (nSPS) is 18.9. The van der Waals surface area contributed by atoms with E-state index in [4.69, 9.17) is 5.73 Å². The molecule has 0 aliphatic carbocycles. The number of hydrogen-bond acceptors (Lipinski definition) is 2. The Morgan fingerprint density at radius 1 is 1.17 bits per heavy atom. The van der Waals surface area contributed by atoms with Gasteiger partial charge in [0.2, 0.25) is 0 Å². The van der Waals surface area contributed by atoms with Crippen LogP contribution in [0.25, 0.3) is 0 Å². The molecule has 1 fully saturated rings. The first kappa shape index (κ1) is 13.6. The third-order valence-electron chi connectivity index (χ3n) is 4.22. The molecule has 2 nitrogen and oxygen atoms in total. The van der Waals surface area contributed by atoms with E-state index >= 15 is 0 Å². The maximum absolute atomic E-state index is 6.29. The van der Waals surface area contributed by atoms with Gasteiger partial charge in [-0.25, -0.2) is 0 Å². The van der Waals surface area contributed by atoms with Crippen molar-refractivity contribution in [3.05, 3.63) is 35.9 Å². The van der Waals surface area contributed by atoms with E-state index in [1.165, 1.54) is 31.4 Å². The summed E-state index contributed by atoms with van der Waals surface area (Å²) < 4.78 is 0. The second-order valence-electron chi connectivity index (χ2n) is 6.04. The van der Waals surface area contributed by atoms with Crippen LogP contribution in [0.5, 0.6) is 0 Å². The first-order valence-electron chi connectivity index (χ1n) is 7.15. The predicted molar refractivity (Wildman–Crippen MR) is 77.6 cm³/mol. The van der Waals surface area contributed by atoms with Crippen molar-refractivity contribution in [3.8, 4) is 0 Å². The first-order valence-corrected chi connectivity index (χ1v) is 7.15. The van der Waals surface area contributed by atoms with Crippen molar-refractivity contribution >= 4 is 0 Å². The summed E-state index contributed by atoms with van der Waals surface area (Å²) in [4.78, 5) is 2.49. The summed E-state index contributed by atoms with van der Waals surface area (Å²) in [6.07, 6.45) is 3.76. The van der Waals surface area contributed by atoms with E-state index in [9.17, 15) is 0 Å². The predicted octanol–water partition coefficient (Wildman–Crippen LogP) is 2.68. The van der Waals surface area contributed by atoms with E-state index in [1.807, 2.05) is 0 Å². The van der Waals surface area contributed by atoms with Gasteiger partial charge in [0.1, 0.15) is 0 Å². The van der Waals surface area contributed by atoms with E-state index in [0.29, 0.717) is 5.92 Å². The van der Waals surface area contributed by atoms with Gasteiger partial charge in [0.25, 0.3) is 0 Å². The molecular weight excluding hydrogens is 220 g/mol. The molecule has 1 aromatic rings. The van der Waals surface area contributed by atoms with Gasteiger partial charge in [-0.3, -0.25) is 4.90 Å². The average Bonchev–Trinajstić information content (AvgIpc) is 2.33. The van der Waals surface area contributed by atoms with Gasteiger partial charge in [0, 0.05) is 18.6 Å². The molecule has 2 heteroatoms. The SMILES string of the molecule is CC(C)C1(N)CN(CCCCc2ccccc2)C1. The van der Waals surface area contributed by atoms with Crippen LogP contribution in [0.4, 0.5) is 0 Å². The Morgan fingerprint density at radius 3 is 2.44 bits per heavy atom. The highest BCUT2D eigenvalue weighted by molar-refractivity contribution is 5.14. The zero-order chi connectivity index (χ0) is 13.0. The summed E-state index contributed by atoms with van der Waals surface area (Å²) in [5, 5.41) is 0. The first-order chi connectivity index (χ1) is 8.60. The van der Waals surface area contributed by atoms with Gasteiger partial charge >= 0.3 is 0 Å². The molecule has 1 aliphatic heterocycles. The Labute approximate surface area is 111 Å². The lowest BCUT2D eigenvalue weighted by molar-refractivity contribution is 0.0368. The van der Waals surface area contributed by atoms with E-state index in [1.54, 1.807) is 0 Å². The number of rotatable bonds is 6. The largest absolute Gasteiger partial charge is 0.323 e. The molecular formula is C16H26N2. The molecule has 0 atom stereocenters. The molecule has 0 unspecified atom stereocenters. The molecule has 0 radical (unpaired) electrons. The summed E-state index contributed by atoms with van der Waals surface area (Å²) in [6, 6.07) is 10.8. The van der Waals surface area contributed by atoms with Crippen molar-refractivity contribution in [2.24, 2.45) is 11.7 Å². The number of unbranched alkanes of at least 4 members (excludes halogenated alkanes) is 1. The van der Waals surface area contributed by atoms with Gasteiger partial charge in [-0.15, -0.1) is 0 Å². The fourth-order valence-corrected chi connectivity index (χ4v) is 2.62. The summed E-state index contributed by atoms with van der Waals surface area (Å²) >= 11 is 0. The molecule has 0 bridgehead atoms. The molecule has 0 amide bonds. The van der Waals surface area contributed by atoms with Crippen LogP contribution in [-0.4, -0.2) is 30.1 Å². The number of benzene rings is 1. The number of nitrogens with two attached hydrogens (primary N) is 1. The number of nitrogens with zero attached hydrogens (tertiary/aromatic N) is 1. The highest BCUT2D eigenvalue weighted by Crippen LogP contribution is 2.26. The quantitative estimate of drug-likeness (QED) is 0.782. The van der Waals surface area contributed by atoms with Crippen LogP contribution in [0, 0.1) is 5.92 Å². The number of aryl methyl sites for hydroxylation is 1. The minimum absolute atomic E-state index is 0.0828. The standard InChI is InChI=1S/C16H26N2/c1-14(2)16(17)12-18(13-16)11-7-6-10-15-8-4-3-5-9-15/h3-5,8-9,14H,6-7,10-13,17H2,1-2H3. The van der Waals surface area contributed by atoms with Gasteiger partial charge < -0.3 is 5.73 Å². The van der Waals surface area contributed by atoms with Crippen LogP contribution in [0.2, 0.25) is 0 Å². The van der Waals surface area contributed by atoms with Gasteiger partial charge in [-0.2, -0.15) is 0 Å². The summed E-state index contributed by atoms with van der Waals surface area (Å²) in [7, 11) is 0. The zero-order valence-corrected chi connectivity index (χ0v) is 11.7. The molecule has 0 saturated carbocycles. The number of hydrogen-bond donors (Lipinski definition) is 1. The Hall–Kier alpha value is -0.860. The fourth-order valence-electron chi connectivity index (χ4n) is 2.62. The van der Waals surface area contributed by atoms with Gasteiger partial charge in [-0.05, 0) is 37.3 Å². The smallest absolute Gasteiger partial charge is 0.0435 e. The lowest BCUT2D eigenvalue weighted by atomic mass is 9.80. The highest BCUT2D eigenvalue weighted by atomic mass is 15.2. The van der Waals surface area contributed by atoms with Crippen molar-refractivity contribution in [2.45, 2.75) is 38.6 Å². The Balaban J connectivity index is 1.58. The summed E-state index contributed by atoms with van der Waals surface area (Å²) in [6.45, 7) is 7.82. The molecule has 0 spiro atoms. The van der Waals surface area contributed by atoms with Crippen LogP contribution in [0.15, 0.2) is 30.3 Å². The van der Waals surface area contributed by atoms with E-state index in [-0.39, 0.29) is 5.54 Å². The third-order valence-corrected chi connectivity index (χ3v) is 4.22. The summed E-state index contributed by atoms with van der Waals surface area (Å²) in [5.41, 5.74) is 7.83. The molecule has 1 saturated heterocycles. The van der Waals surface area contributed by atoms with Crippen LogP contribution in [0.3, 0.4) is 0 Å². The lowest BCUT2D eigenvalue weighted by Crippen LogP contribution is -2.69. The second-order valence-corrected chi connectivity index (χ2v) is 6.04. The van der Waals surface area contributed by atoms with E-state index in [0.717, 1.165) is 13.1 Å². The van der Waals surface area contributed by atoms with E-state index in [2.05, 4.69) is 49.1 Å². The fraction of sp³-hybridized carbons (Fsp3) is 0.625. The van der Waals surface area contributed by atoms with E-state index < -0.39 is 0 Å². The topological polar surface area (TPSA) is 29.3 Å². The Bertz CT molecular complexity index is 353.